The highest BCUT2D eigenvalue weighted by molar-refractivity contribution is 6.27. The van der Waals surface area contributed by atoms with Gasteiger partial charge in [0.25, 0.3) is 0 Å². The minimum atomic E-state index is -1.82. The molecule has 0 radical (unpaired) electrons. The lowest BCUT2D eigenvalue weighted by molar-refractivity contribution is -0.159. The Bertz CT molecular complexity index is 898. The summed E-state index contributed by atoms with van der Waals surface area (Å²) in [6, 6.07) is 14.5. The molecular weight excluding hydrogens is 404 g/mol. The van der Waals surface area contributed by atoms with Gasteiger partial charge in [-0.3, -0.25) is 4.90 Å². The second-order valence-electron chi connectivity index (χ2n) is 7.01. The Hall–Kier alpha value is -3.46. The summed E-state index contributed by atoms with van der Waals surface area (Å²) < 4.78 is 16.8. The van der Waals surface area contributed by atoms with E-state index < -0.39 is 11.9 Å². The van der Waals surface area contributed by atoms with Crippen LogP contribution < -0.4 is 19.1 Å². The third kappa shape index (κ3) is 6.02. The van der Waals surface area contributed by atoms with E-state index in [1.807, 2.05) is 18.2 Å². The van der Waals surface area contributed by atoms with E-state index >= 15 is 0 Å². The number of rotatable bonds is 4. The van der Waals surface area contributed by atoms with Crippen molar-refractivity contribution in [2.45, 2.75) is 6.54 Å². The van der Waals surface area contributed by atoms with Gasteiger partial charge in [0.2, 0.25) is 0 Å². The van der Waals surface area contributed by atoms with Crippen LogP contribution in [0, 0.1) is 0 Å². The van der Waals surface area contributed by atoms with Crippen LogP contribution in [0.4, 0.5) is 5.69 Å². The van der Waals surface area contributed by atoms with Gasteiger partial charge >= 0.3 is 11.9 Å². The van der Waals surface area contributed by atoms with Gasteiger partial charge in [-0.15, -0.1) is 0 Å². The molecule has 1 saturated heterocycles. The summed E-state index contributed by atoms with van der Waals surface area (Å²) in [6.07, 6.45) is 0. The normalized spacial score (nSPS) is 15.5. The number of piperazine rings is 1. The number of anilines is 1. The van der Waals surface area contributed by atoms with E-state index in [9.17, 15) is 0 Å². The molecule has 0 bridgehead atoms. The van der Waals surface area contributed by atoms with Crippen molar-refractivity contribution in [1.29, 1.82) is 0 Å². The summed E-state index contributed by atoms with van der Waals surface area (Å²) >= 11 is 0. The van der Waals surface area contributed by atoms with E-state index in [-0.39, 0.29) is 0 Å². The molecule has 2 heterocycles. The number of hydrogen-bond donors (Lipinski definition) is 2. The molecule has 2 N–H and O–H groups in total. The Morgan fingerprint density at radius 2 is 1.58 bits per heavy atom. The van der Waals surface area contributed by atoms with Gasteiger partial charge in [-0.25, -0.2) is 9.59 Å². The van der Waals surface area contributed by atoms with E-state index in [4.69, 9.17) is 34.0 Å². The van der Waals surface area contributed by atoms with Crippen molar-refractivity contribution >= 4 is 17.6 Å². The maximum atomic E-state index is 9.10. The van der Waals surface area contributed by atoms with Crippen molar-refractivity contribution in [3.63, 3.8) is 0 Å². The molecule has 166 valence electrons. The largest absolute Gasteiger partial charge is 0.496 e. The van der Waals surface area contributed by atoms with Crippen LogP contribution in [0.1, 0.15) is 5.56 Å². The SMILES string of the molecule is COc1ccccc1CN1CCN(c2ccc3c(c2)OCCO3)CC1.O=C(O)C(=O)O. The van der Waals surface area contributed by atoms with Crippen LogP contribution in [0.5, 0.6) is 17.2 Å². The van der Waals surface area contributed by atoms with Crippen LogP contribution in [0.3, 0.4) is 0 Å². The fraction of sp³-hybridized carbons (Fsp3) is 0.364. The Kier molecular flexibility index (Phi) is 7.55. The molecule has 2 aliphatic rings. The number of methoxy groups -OCH3 is 1. The summed E-state index contributed by atoms with van der Waals surface area (Å²) in [6.45, 7) is 6.28. The van der Waals surface area contributed by atoms with E-state index in [2.05, 4.69) is 34.1 Å². The lowest BCUT2D eigenvalue weighted by atomic mass is 10.1. The quantitative estimate of drug-likeness (QED) is 0.704. The van der Waals surface area contributed by atoms with Crippen LogP contribution in [-0.2, 0) is 16.1 Å². The fourth-order valence-electron chi connectivity index (χ4n) is 3.47. The molecule has 0 atom stereocenters. The molecule has 0 unspecified atom stereocenters. The molecule has 2 aromatic rings. The maximum Gasteiger partial charge on any atom is 0.414 e. The first-order valence-corrected chi connectivity index (χ1v) is 9.93. The molecule has 0 amide bonds. The highest BCUT2D eigenvalue weighted by atomic mass is 16.6. The lowest BCUT2D eigenvalue weighted by Gasteiger charge is -2.36. The van der Waals surface area contributed by atoms with E-state index in [0.29, 0.717) is 13.2 Å². The number of hydrogen-bond acceptors (Lipinski definition) is 7. The summed E-state index contributed by atoms with van der Waals surface area (Å²) in [4.78, 5) is 23.1. The van der Waals surface area contributed by atoms with Gasteiger partial charge in [0.15, 0.2) is 11.5 Å². The summed E-state index contributed by atoms with van der Waals surface area (Å²) in [7, 11) is 1.73. The van der Waals surface area contributed by atoms with Crippen molar-refractivity contribution in [1.82, 2.24) is 4.90 Å². The Morgan fingerprint density at radius 1 is 0.935 bits per heavy atom. The minimum Gasteiger partial charge on any atom is -0.496 e. The summed E-state index contributed by atoms with van der Waals surface area (Å²) in [5.41, 5.74) is 2.46. The second-order valence-corrected chi connectivity index (χ2v) is 7.01. The van der Waals surface area contributed by atoms with Crippen LogP contribution in [0.2, 0.25) is 0 Å². The number of carbonyl (C=O) groups is 2. The molecule has 1 fully saturated rings. The first-order chi connectivity index (χ1) is 15.0. The number of ether oxygens (including phenoxy) is 3. The van der Waals surface area contributed by atoms with Crippen LogP contribution >= 0.6 is 0 Å². The third-order valence-electron chi connectivity index (χ3n) is 5.03. The number of aliphatic carboxylic acids is 2. The van der Waals surface area contributed by atoms with Crippen molar-refractivity contribution in [3.8, 4) is 17.2 Å². The molecule has 0 aromatic heterocycles. The van der Waals surface area contributed by atoms with Gasteiger partial charge in [-0.1, -0.05) is 18.2 Å². The standard InChI is InChI=1S/C20H24N2O3.C2H2O4/c1-23-18-5-3-2-4-16(18)15-21-8-10-22(11-9-21)17-6-7-19-20(14-17)25-13-12-24-19;3-1(4)2(5)6/h2-7,14H,8-13,15H2,1H3;(H,3,4)(H,5,6). The van der Waals surface area contributed by atoms with E-state index in [1.54, 1.807) is 7.11 Å². The number of carboxylic acid groups (broad SMARTS) is 2. The Morgan fingerprint density at radius 3 is 2.23 bits per heavy atom. The first-order valence-electron chi connectivity index (χ1n) is 9.93. The highest BCUT2D eigenvalue weighted by Gasteiger charge is 2.20. The number of benzene rings is 2. The molecule has 2 aliphatic heterocycles. The highest BCUT2D eigenvalue weighted by Crippen LogP contribution is 2.34. The zero-order valence-electron chi connectivity index (χ0n) is 17.3. The molecule has 0 aliphatic carbocycles. The van der Waals surface area contributed by atoms with Crippen molar-refractivity contribution < 1.29 is 34.0 Å². The molecule has 9 nitrogen and oxygen atoms in total. The van der Waals surface area contributed by atoms with E-state index in [0.717, 1.165) is 50.0 Å². The Labute approximate surface area is 180 Å². The molecule has 4 rings (SSSR count). The van der Waals surface area contributed by atoms with Crippen molar-refractivity contribution in [2.24, 2.45) is 0 Å². The second kappa shape index (κ2) is 10.5. The summed E-state index contributed by atoms with van der Waals surface area (Å²) in [5.74, 6) is -0.966. The van der Waals surface area contributed by atoms with Crippen LogP contribution in [0.25, 0.3) is 0 Å². The summed E-state index contributed by atoms with van der Waals surface area (Å²) in [5, 5.41) is 14.8. The number of carboxylic acids is 2. The molecule has 0 saturated carbocycles. The topological polar surface area (TPSA) is 109 Å². The van der Waals surface area contributed by atoms with Crippen molar-refractivity contribution in [2.75, 3.05) is 51.4 Å². The van der Waals surface area contributed by atoms with Gasteiger partial charge in [0, 0.05) is 50.0 Å². The molecular formula is C22H26N2O7. The zero-order valence-corrected chi connectivity index (χ0v) is 17.3. The lowest BCUT2D eigenvalue weighted by Crippen LogP contribution is -2.46. The third-order valence-corrected chi connectivity index (χ3v) is 5.03. The fourth-order valence-corrected chi connectivity index (χ4v) is 3.47. The van der Waals surface area contributed by atoms with Gasteiger partial charge in [0.05, 0.1) is 7.11 Å². The average molecular weight is 430 g/mol. The number of para-hydroxylation sites is 1. The monoisotopic (exact) mass is 430 g/mol. The molecule has 9 heteroatoms. The molecule has 2 aromatic carbocycles. The first kappa shape index (κ1) is 22.2. The van der Waals surface area contributed by atoms with Crippen molar-refractivity contribution in [3.05, 3.63) is 48.0 Å². The minimum absolute atomic E-state index is 0.628. The van der Waals surface area contributed by atoms with Crippen LogP contribution in [-0.4, -0.2) is 73.6 Å². The number of nitrogens with zero attached hydrogens (tertiary/aromatic N) is 2. The van der Waals surface area contributed by atoms with Crippen LogP contribution in [0.15, 0.2) is 42.5 Å². The van der Waals surface area contributed by atoms with Gasteiger partial charge in [0.1, 0.15) is 19.0 Å². The van der Waals surface area contributed by atoms with Gasteiger partial charge in [-0.05, 0) is 18.2 Å². The Balaban J connectivity index is 0.000000401. The molecule has 31 heavy (non-hydrogen) atoms. The maximum absolute atomic E-state index is 9.10. The average Bonchev–Trinajstić information content (AvgIpc) is 2.80. The van der Waals surface area contributed by atoms with E-state index in [1.165, 1.54) is 11.3 Å². The number of fused-ring (bicyclic) bond motifs is 1. The van der Waals surface area contributed by atoms with Gasteiger partial charge < -0.3 is 29.3 Å². The smallest absolute Gasteiger partial charge is 0.414 e. The zero-order chi connectivity index (χ0) is 22.2. The predicted molar refractivity (Wildman–Crippen MR) is 113 cm³/mol. The molecule has 0 spiro atoms. The predicted octanol–water partition coefficient (Wildman–Crippen LogP) is 1.94. The van der Waals surface area contributed by atoms with Gasteiger partial charge in [-0.2, -0.15) is 0 Å².